The van der Waals surface area contributed by atoms with Gasteiger partial charge in [0.1, 0.15) is 12.3 Å². The van der Waals surface area contributed by atoms with Crippen LogP contribution in [0.4, 0.5) is 4.79 Å². The molecule has 0 saturated carbocycles. The largest absolute Gasteiger partial charge is 0.493 e. The van der Waals surface area contributed by atoms with Crippen LogP contribution in [0.1, 0.15) is 22.3 Å². The number of nitrogens with zero attached hydrogens (tertiary/aromatic N) is 1. The SMILES string of the molecule is COc1cc(/C=C2/NC(=O)N(Cc3cccc(C)c3)C2=O)ccc1OCc1ccc(Br)cc1. The van der Waals surface area contributed by atoms with Crippen LogP contribution >= 0.6 is 15.9 Å². The summed E-state index contributed by atoms with van der Waals surface area (Å²) in [7, 11) is 1.56. The number of rotatable bonds is 7. The van der Waals surface area contributed by atoms with E-state index >= 15 is 0 Å². The summed E-state index contributed by atoms with van der Waals surface area (Å²) in [4.78, 5) is 26.4. The predicted molar refractivity (Wildman–Crippen MR) is 130 cm³/mol. The van der Waals surface area contributed by atoms with Gasteiger partial charge in [0.15, 0.2) is 11.5 Å². The smallest absolute Gasteiger partial charge is 0.329 e. The Hall–Kier alpha value is -3.58. The number of hydrogen-bond acceptors (Lipinski definition) is 4. The van der Waals surface area contributed by atoms with E-state index in [2.05, 4.69) is 21.2 Å². The van der Waals surface area contributed by atoms with E-state index in [1.165, 1.54) is 4.90 Å². The van der Waals surface area contributed by atoms with Crippen LogP contribution in [0.15, 0.2) is 76.9 Å². The number of nitrogens with one attached hydrogen (secondary N) is 1. The summed E-state index contributed by atoms with van der Waals surface area (Å²) in [5.41, 5.74) is 3.93. The Morgan fingerprint density at radius 1 is 0.970 bits per heavy atom. The molecule has 1 N–H and O–H groups in total. The Morgan fingerprint density at radius 3 is 2.48 bits per heavy atom. The number of ether oxygens (including phenoxy) is 2. The molecule has 0 radical (unpaired) electrons. The van der Waals surface area contributed by atoms with Crippen molar-refractivity contribution in [2.45, 2.75) is 20.1 Å². The fraction of sp³-hybridized carbons (Fsp3) is 0.154. The number of benzene rings is 3. The number of methoxy groups -OCH3 is 1. The van der Waals surface area contributed by atoms with Crippen molar-refractivity contribution in [1.29, 1.82) is 0 Å². The van der Waals surface area contributed by atoms with Crippen molar-refractivity contribution in [3.63, 3.8) is 0 Å². The first-order valence-electron chi connectivity index (χ1n) is 10.4. The normalized spacial score (nSPS) is 14.5. The first kappa shape index (κ1) is 22.6. The molecular formula is C26H23BrN2O4. The van der Waals surface area contributed by atoms with E-state index in [1.54, 1.807) is 25.3 Å². The summed E-state index contributed by atoms with van der Waals surface area (Å²) in [6.07, 6.45) is 1.64. The number of urea groups is 1. The molecule has 4 rings (SSSR count). The van der Waals surface area contributed by atoms with Crippen LogP contribution in [-0.2, 0) is 17.9 Å². The highest BCUT2D eigenvalue weighted by Crippen LogP contribution is 2.30. The second-order valence-electron chi connectivity index (χ2n) is 7.69. The van der Waals surface area contributed by atoms with Crippen LogP contribution in [0.25, 0.3) is 6.08 Å². The molecule has 1 aliphatic heterocycles. The lowest BCUT2D eigenvalue weighted by Gasteiger charge is -2.12. The monoisotopic (exact) mass is 506 g/mol. The van der Waals surface area contributed by atoms with Crippen molar-refractivity contribution in [3.8, 4) is 11.5 Å². The zero-order chi connectivity index (χ0) is 23.4. The Labute approximate surface area is 200 Å². The molecule has 6 nitrogen and oxygen atoms in total. The molecule has 0 spiro atoms. The number of carbonyl (C=O) groups is 2. The standard InChI is InChI=1S/C26H23BrN2O4/c1-17-4-3-5-20(12-17)15-29-25(30)22(28-26(29)31)13-19-8-11-23(24(14-19)32-2)33-16-18-6-9-21(27)10-7-18/h3-14H,15-16H2,1-2H3,(H,28,31)/b22-13+. The molecule has 0 unspecified atom stereocenters. The van der Waals surface area contributed by atoms with Gasteiger partial charge in [-0.05, 0) is 54.0 Å². The van der Waals surface area contributed by atoms with Crippen LogP contribution < -0.4 is 14.8 Å². The van der Waals surface area contributed by atoms with Gasteiger partial charge >= 0.3 is 6.03 Å². The van der Waals surface area contributed by atoms with Gasteiger partial charge in [0.25, 0.3) is 5.91 Å². The van der Waals surface area contributed by atoms with E-state index in [1.807, 2.05) is 61.5 Å². The number of aryl methyl sites for hydroxylation is 1. The van der Waals surface area contributed by atoms with Gasteiger partial charge in [-0.3, -0.25) is 9.69 Å². The Bertz CT molecular complexity index is 1220. The summed E-state index contributed by atoms with van der Waals surface area (Å²) in [6, 6.07) is 20.5. The van der Waals surface area contributed by atoms with Crippen LogP contribution in [0.3, 0.4) is 0 Å². The fourth-order valence-corrected chi connectivity index (χ4v) is 3.77. The van der Waals surface area contributed by atoms with Crippen molar-refractivity contribution in [3.05, 3.63) is 99.2 Å². The fourth-order valence-electron chi connectivity index (χ4n) is 3.51. The van der Waals surface area contributed by atoms with Crippen molar-refractivity contribution in [1.82, 2.24) is 10.2 Å². The van der Waals surface area contributed by atoms with Gasteiger partial charge in [0, 0.05) is 4.47 Å². The molecule has 3 aromatic rings. The molecule has 3 amide bonds. The first-order valence-corrected chi connectivity index (χ1v) is 11.2. The molecule has 0 aliphatic carbocycles. The molecular weight excluding hydrogens is 484 g/mol. The maximum absolute atomic E-state index is 12.8. The highest BCUT2D eigenvalue weighted by Gasteiger charge is 2.33. The second kappa shape index (κ2) is 9.92. The van der Waals surface area contributed by atoms with E-state index in [9.17, 15) is 9.59 Å². The van der Waals surface area contributed by atoms with Gasteiger partial charge in [0.05, 0.1) is 13.7 Å². The van der Waals surface area contributed by atoms with E-state index < -0.39 is 6.03 Å². The summed E-state index contributed by atoms with van der Waals surface area (Å²) in [5.74, 6) is 0.760. The second-order valence-corrected chi connectivity index (χ2v) is 8.61. The highest BCUT2D eigenvalue weighted by atomic mass is 79.9. The maximum Gasteiger partial charge on any atom is 0.329 e. The third kappa shape index (κ3) is 5.43. The molecule has 3 aromatic carbocycles. The lowest BCUT2D eigenvalue weighted by molar-refractivity contribution is -0.123. The van der Waals surface area contributed by atoms with Gasteiger partial charge in [0.2, 0.25) is 0 Å². The van der Waals surface area contributed by atoms with E-state index in [0.717, 1.165) is 21.2 Å². The van der Waals surface area contributed by atoms with Crippen LogP contribution in [-0.4, -0.2) is 23.9 Å². The molecule has 1 saturated heterocycles. The van der Waals surface area contributed by atoms with E-state index in [-0.39, 0.29) is 18.1 Å². The number of imide groups is 1. The molecule has 7 heteroatoms. The van der Waals surface area contributed by atoms with E-state index in [4.69, 9.17) is 9.47 Å². The molecule has 0 atom stereocenters. The number of carbonyl (C=O) groups excluding carboxylic acids is 2. The van der Waals surface area contributed by atoms with Crippen molar-refractivity contribution < 1.29 is 19.1 Å². The molecule has 1 fully saturated rings. The third-order valence-electron chi connectivity index (χ3n) is 5.19. The van der Waals surface area contributed by atoms with Crippen molar-refractivity contribution >= 4 is 33.9 Å². The van der Waals surface area contributed by atoms with Crippen molar-refractivity contribution in [2.24, 2.45) is 0 Å². The van der Waals surface area contributed by atoms with Gasteiger partial charge in [-0.15, -0.1) is 0 Å². The lowest BCUT2D eigenvalue weighted by Crippen LogP contribution is -2.30. The van der Waals surface area contributed by atoms with Crippen molar-refractivity contribution in [2.75, 3.05) is 7.11 Å². The Morgan fingerprint density at radius 2 is 1.76 bits per heavy atom. The van der Waals surface area contributed by atoms with Gasteiger partial charge in [-0.1, -0.05) is 64.0 Å². The maximum atomic E-state index is 12.8. The minimum atomic E-state index is -0.436. The lowest BCUT2D eigenvalue weighted by atomic mass is 10.1. The summed E-state index contributed by atoms with van der Waals surface area (Å²) >= 11 is 3.42. The topological polar surface area (TPSA) is 67.9 Å². The molecule has 1 aliphatic rings. The molecule has 0 bridgehead atoms. The Balaban J connectivity index is 1.48. The van der Waals surface area contributed by atoms with Gasteiger partial charge in [-0.2, -0.15) is 0 Å². The third-order valence-corrected chi connectivity index (χ3v) is 5.72. The Kier molecular flexibility index (Phi) is 6.79. The highest BCUT2D eigenvalue weighted by molar-refractivity contribution is 9.10. The average molecular weight is 507 g/mol. The van der Waals surface area contributed by atoms with Gasteiger partial charge < -0.3 is 14.8 Å². The van der Waals surface area contributed by atoms with Gasteiger partial charge in [-0.25, -0.2) is 4.79 Å². The van der Waals surface area contributed by atoms with Crippen LogP contribution in [0.2, 0.25) is 0 Å². The molecule has 33 heavy (non-hydrogen) atoms. The first-order chi connectivity index (χ1) is 15.9. The zero-order valence-corrected chi connectivity index (χ0v) is 19.9. The zero-order valence-electron chi connectivity index (χ0n) is 18.3. The number of hydrogen-bond donors (Lipinski definition) is 1. The number of halogens is 1. The minimum absolute atomic E-state index is 0.218. The summed E-state index contributed by atoms with van der Waals surface area (Å²) in [5, 5.41) is 2.66. The van der Waals surface area contributed by atoms with Crippen LogP contribution in [0.5, 0.6) is 11.5 Å². The summed E-state index contributed by atoms with van der Waals surface area (Å²) in [6.45, 7) is 2.59. The predicted octanol–water partition coefficient (Wildman–Crippen LogP) is 5.44. The van der Waals surface area contributed by atoms with E-state index in [0.29, 0.717) is 23.7 Å². The molecule has 0 aromatic heterocycles. The minimum Gasteiger partial charge on any atom is -0.493 e. The number of amides is 3. The molecule has 168 valence electrons. The summed E-state index contributed by atoms with van der Waals surface area (Å²) < 4.78 is 12.4. The van der Waals surface area contributed by atoms with Crippen LogP contribution in [0, 0.1) is 6.92 Å². The average Bonchev–Trinajstić information content (AvgIpc) is 3.06. The quantitative estimate of drug-likeness (QED) is 0.342. The molecule has 1 heterocycles.